The van der Waals surface area contributed by atoms with Crippen LogP contribution in [-0.2, 0) is 14.8 Å². The van der Waals surface area contributed by atoms with Crippen LogP contribution >= 0.6 is 11.6 Å². The van der Waals surface area contributed by atoms with E-state index < -0.39 is 22.0 Å². The van der Waals surface area contributed by atoms with E-state index in [0.717, 1.165) is 6.07 Å². The molecule has 9 heteroatoms. The first-order valence-corrected chi connectivity index (χ1v) is 10.7. The molecule has 1 amide bonds. The Morgan fingerprint density at radius 2 is 1.77 bits per heavy atom. The van der Waals surface area contributed by atoms with Crippen molar-refractivity contribution in [2.24, 2.45) is 0 Å². The Kier molecular flexibility index (Phi) is 6.49. The number of amides is 1. The Hall–Kier alpha value is -3.23. The van der Waals surface area contributed by atoms with Gasteiger partial charge in [-0.15, -0.1) is 0 Å². The molecule has 0 aliphatic rings. The number of carbonyl (C=O) groups is 1. The zero-order valence-electron chi connectivity index (χ0n) is 15.9. The van der Waals surface area contributed by atoms with E-state index in [0.29, 0.717) is 10.8 Å². The fraction of sp³-hybridized carbons (Fsp3) is 0.0952. The van der Waals surface area contributed by atoms with Gasteiger partial charge in [0.1, 0.15) is 11.5 Å². The summed E-state index contributed by atoms with van der Waals surface area (Å²) >= 11 is 5.88. The summed E-state index contributed by atoms with van der Waals surface area (Å²) in [5.74, 6) is -0.324. The third-order valence-electron chi connectivity index (χ3n) is 4.04. The number of anilines is 2. The number of phenolic OH excluding ortho intramolecular Hbond substituents is 1. The van der Waals surface area contributed by atoms with Gasteiger partial charge in [0, 0.05) is 5.02 Å². The Bertz CT molecular complexity index is 1150. The molecule has 7 nitrogen and oxygen atoms in total. The average Bonchev–Trinajstić information content (AvgIpc) is 2.70. The van der Waals surface area contributed by atoms with Gasteiger partial charge < -0.3 is 15.2 Å². The predicted molar refractivity (Wildman–Crippen MR) is 116 cm³/mol. The molecule has 156 valence electrons. The molecular weight excluding hydrogens is 428 g/mol. The number of phenols is 1. The van der Waals surface area contributed by atoms with Crippen molar-refractivity contribution < 1.29 is 23.1 Å². The summed E-state index contributed by atoms with van der Waals surface area (Å²) in [5, 5.41) is 12.9. The quantitative estimate of drug-likeness (QED) is 0.470. The summed E-state index contributed by atoms with van der Waals surface area (Å²) in [5.41, 5.74) is 0.225. The molecule has 3 aromatic carbocycles. The molecule has 0 aliphatic carbocycles. The molecule has 30 heavy (non-hydrogen) atoms. The van der Waals surface area contributed by atoms with Gasteiger partial charge in [-0.3, -0.25) is 9.52 Å². The molecule has 0 spiro atoms. The first-order valence-electron chi connectivity index (χ1n) is 8.88. The summed E-state index contributed by atoms with van der Waals surface area (Å²) in [6.45, 7) is 1.54. The Balaban J connectivity index is 1.76. The fourth-order valence-corrected chi connectivity index (χ4v) is 3.81. The van der Waals surface area contributed by atoms with Gasteiger partial charge >= 0.3 is 0 Å². The molecule has 0 unspecified atom stereocenters. The molecule has 0 bridgehead atoms. The molecule has 3 aromatic rings. The molecule has 0 radical (unpaired) electrons. The van der Waals surface area contributed by atoms with E-state index in [1.165, 1.54) is 18.2 Å². The van der Waals surface area contributed by atoms with Crippen LogP contribution in [0.4, 0.5) is 11.4 Å². The van der Waals surface area contributed by atoms with Crippen LogP contribution in [0, 0.1) is 0 Å². The lowest BCUT2D eigenvalue weighted by Crippen LogP contribution is -2.30. The molecule has 0 aliphatic heterocycles. The van der Waals surface area contributed by atoms with Crippen LogP contribution in [0.25, 0.3) is 0 Å². The van der Waals surface area contributed by atoms with Crippen LogP contribution in [0.2, 0.25) is 5.02 Å². The van der Waals surface area contributed by atoms with Crippen LogP contribution in [0.1, 0.15) is 6.92 Å². The maximum atomic E-state index is 12.7. The van der Waals surface area contributed by atoms with Crippen molar-refractivity contribution in [2.45, 2.75) is 17.9 Å². The lowest BCUT2D eigenvalue weighted by atomic mass is 10.2. The fourth-order valence-electron chi connectivity index (χ4n) is 2.54. The molecule has 3 rings (SSSR count). The van der Waals surface area contributed by atoms with Crippen molar-refractivity contribution in [3.05, 3.63) is 77.8 Å². The number of hydrogen-bond acceptors (Lipinski definition) is 5. The van der Waals surface area contributed by atoms with E-state index >= 15 is 0 Å². The Morgan fingerprint density at radius 3 is 2.47 bits per heavy atom. The van der Waals surface area contributed by atoms with E-state index in [1.54, 1.807) is 49.4 Å². The van der Waals surface area contributed by atoms with Crippen molar-refractivity contribution in [1.82, 2.24) is 0 Å². The second-order valence-corrected chi connectivity index (χ2v) is 8.48. The van der Waals surface area contributed by atoms with E-state index in [-0.39, 0.29) is 22.0 Å². The van der Waals surface area contributed by atoms with Gasteiger partial charge in [0.05, 0.1) is 16.3 Å². The van der Waals surface area contributed by atoms with Gasteiger partial charge in [0.15, 0.2) is 6.10 Å². The van der Waals surface area contributed by atoms with Crippen molar-refractivity contribution in [3.63, 3.8) is 0 Å². The molecule has 0 saturated carbocycles. The maximum absolute atomic E-state index is 12.7. The van der Waals surface area contributed by atoms with Gasteiger partial charge in [0.2, 0.25) is 0 Å². The highest BCUT2D eigenvalue weighted by atomic mass is 35.5. The third-order valence-corrected chi connectivity index (χ3v) is 5.65. The number of para-hydroxylation sites is 1. The number of carbonyl (C=O) groups excluding carboxylic acids is 1. The van der Waals surface area contributed by atoms with Crippen molar-refractivity contribution in [1.29, 1.82) is 0 Å². The number of sulfonamides is 1. The number of rotatable bonds is 7. The maximum Gasteiger partial charge on any atom is 0.265 e. The summed E-state index contributed by atoms with van der Waals surface area (Å²) in [4.78, 5) is 12.3. The highest BCUT2D eigenvalue weighted by Crippen LogP contribution is 2.28. The SMILES string of the molecule is C[C@@H](Oc1ccccc1)C(=O)Nc1cc(S(=O)(=O)Nc2cccc(Cl)c2)ccc1O. The standard InChI is InChI=1S/C21H19ClN2O5S/c1-14(29-17-8-3-2-4-9-17)21(26)23-19-13-18(10-11-20(19)25)30(27,28)24-16-7-5-6-15(22)12-16/h2-14,24-25H,1H3,(H,23,26)/t14-/m1/s1. The van der Waals surface area contributed by atoms with Crippen molar-refractivity contribution >= 4 is 38.9 Å². The normalized spacial score (nSPS) is 12.1. The zero-order chi connectivity index (χ0) is 21.7. The monoisotopic (exact) mass is 446 g/mol. The van der Waals surface area contributed by atoms with Crippen LogP contribution in [0.5, 0.6) is 11.5 Å². The summed E-state index contributed by atoms with van der Waals surface area (Å²) in [7, 11) is -3.98. The number of benzene rings is 3. The van der Waals surface area contributed by atoms with Crippen LogP contribution in [-0.4, -0.2) is 25.5 Å². The summed E-state index contributed by atoms with van der Waals surface area (Å²) < 4.78 is 33.3. The molecule has 1 atom stereocenters. The van der Waals surface area contributed by atoms with Crippen molar-refractivity contribution in [2.75, 3.05) is 10.0 Å². The van der Waals surface area contributed by atoms with Gasteiger partial charge in [-0.25, -0.2) is 8.42 Å². The van der Waals surface area contributed by atoms with Crippen LogP contribution in [0.3, 0.4) is 0 Å². The van der Waals surface area contributed by atoms with Gasteiger partial charge in [-0.1, -0.05) is 35.9 Å². The van der Waals surface area contributed by atoms with E-state index in [4.69, 9.17) is 16.3 Å². The lowest BCUT2D eigenvalue weighted by molar-refractivity contribution is -0.122. The molecule has 0 aromatic heterocycles. The van der Waals surface area contributed by atoms with Gasteiger partial charge in [-0.2, -0.15) is 0 Å². The highest BCUT2D eigenvalue weighted by molar-refractivity contribution is 7.92. The minimum absolute atomic E-state index is 0.0579. The number of halogens is 1. The molecule has 0 fully saturated rings. The lowest BCUT2D eigenvalue weighted by Gasteiger charge is -2.16. The van der Waals surface area contributed by atoms with Crippen LogP contribution in [0.15, 0.2) is 77.7 Å². The number of ether oxygens (including phenoxy) is 1. The Labute approximate surface area is 179 Å². The Morgan fingerprint density at radius 1 is 1.03 bits per heavy atom. The number of aromatic hydroxyl groups is 1. The second-order valence-electron chi connectivity index (χ2n) is 6.36. The van der Waals surface area contributed by atoms with E-state index in [9.17, 15) is 18.3 Å². The number of hydrogen-bond donors (Lipinski definition) is 3. The van der Waals surface area contributed by atoms with E-state index in [1.807, 2.05) is 6.07 Å². The van der Waals surface area contributed by atoms with Gasteiger partial charge in [-0.05, 0) is 55.5 Å². The van der Waals surface area contributed by atoms with E-state index in [2.05, 4.69) is 10.0 Å². The molecule has 3 N–H and O–H groups in total. The molecular formula is C21H19ClN2O5S. The predicted octanol–water partition coefficient (Wildman–Crippen LogP) is 4.25. The minimum Gasteiger partial charge on any atom is -0.506 e. The topological polar surface area (TPSA) is 105 Å². The summed E-state index contributed by atoms with van der Waals surface area (Å²) in [6, 6.07) is 18.6. The first-order chi connectivity index (χ1) is 14.2. The average molecular weight is 447 g/mol. The molecule has 0 saturated heterocycles. The van der Waals surface area contributed by atoms with Gasteiger partial charge in [0.25, 0.3) is 15.9 Å². The third kappa shape index (κ3) is 5.43. The minimum atomic E-state index is -3.98. The molecule has 0 heterocycles. The van der Waals surface area contributed by atoms with Crippen LogP contribution < -0.4 is 14.8 Å². The first kappa shape index (κ1) is 21.5. The smallest absolute Gasteiger partial charge is 0.265 e. The highest BCUT2D eigenvalue weighted by Gasteiger charge is 2.20. The van der Waals surface area contributed by atoms with Crippen molar-refractivity contribution in [3.8, 4) is 11.5 Å². The largest absolute Gasteiger partial charge is 0.506 e. The summed E-state index contributed by atoms with van der Waals surface area (Å²) in [6.07, 6.45) is -0.878. The second kappa shape index (κ2) is 9.06. The number of nitrogens with one attached hydrogen (secondary N) is 2. The zero-order valence-corrected chi connectivity index (χ0v) is 17.4.